The van der Waals surface area contributed by atoms with Crippen molar-refractivity contribution in [2.75, 3.05) is 18.1 Å². The molecule has 2 aromatic carbocycles. The van der Waals surface area contributed by atoms with Crippen molar-refractivity contribution >= 4 is 85.2 Å². The zero-order valence-corrected chi connectivity index (χ0v) is 34.7. The number of aldehydes is 1. The lowest BCUT2D eigenvalue weighted by Crippen LogP contribution is -2.41. The summed E-state index contributed by atoms with van der Waals surface area (Å²) in [7, 11) is 0. The van der Waals surface area contributed by atoms with Gasteiger partial charge < -0.3 is 20.7 Å². The van der Waals surface area contributed by atoms with Gasteiger partial charge in [-0.25, -0.2) is 33.8 Å². The zero-order valence-electron chi connectivity index (χ0n) is 31.5. The maximum atomic E-state index is 13.1. The molecule has 17 nitrogen and oxygen atoms in total. The molecule has 0 saturated heterocycles. The second kappa shape index (κ2) is 19.2. The third-order valence-corrected chi connectivity index (χ3v) is 9.94. The number of amides is 2. The van der Waals surface area contributed by atoms with Crippen LogP contribution in [0.1, 0.15) is 95.4 Å². The van der Waals surface area contributed by atoms with Gasteiger partial charge >= 0.3 is 11.9 Å². The number of anilines is 1. The van der Waals surface area contributed by atoms with Crippen LogP contribution in [0, 0.1) is 11.8 Å². The highest BCUT2D eigenvalue weighted by atomic mass is 79.9. The average Bonchev–Trinajstić information content (AvgIpc) is 4.07. The van der Waals surface area contributed by atoms with E-state index in [1.165, 1.54) is 4.68 Å². The lowest BCUT2D eigenvalue weighted by atomic mass is 10.2. The van der Waals surface area contributed by atoms with Crippen molar-refractivity contribution in [3.63, 3.8) is 0 Å². The summed E-state index contributed by atoms with van der Waals surface area (Å²) in [6.45, 7) is 3.56. The summed E-state index contributed by atoms with van der Waals surface area (Å²) in [6.07, 6.45) is 7.14. The lowest BCUT2D eigenvalue weighted by Gasteiger charge is -2.22. The molecule has 5 aromatic rings. The first kappa shape index (κ1) is 43.5. The fourth-order valence-corrected chi connectivity index (χ4v) is 6.59. The number of hydrogen-bond acceptors (Lipinski definition) is 13. The first-order chi connectivity index (χ1) is 27.5. The normalized spacial score (nSPS) is 14.1. The molecular weight excluding hydrogens is 884 g/mol. The van der Waals surface area contributed by atoms with Crippen LogP contribution in [0.15, 0.2) is 63.7 Å². The number of carboxylic acid groups (broad SMARTS) is 1. The summed E-state index contributed by atoms with van der Waals surface area (Å²) in [5, 5.41) is 16.3. The number of ether oxygens (including phenoxy) is 2. The monoisotopic (exact) mass is 922 g/mol. The fraction of sp³-hybridized carbons (Fsp3) is 0.333. The number of halogens is 2. The Morgan fingerprint density at radius 3 is 1.78 bits per heavy atom. The van der Waals surface area contributed by atoms with Gasteiger partial charge in [0.2, 0.25) is 11.8 Å². The molecule has 19 heteroatoms. The summed E-state index contributed by atoms with van der Waals surface area (Å²) in [5.74, 6) is -1.25. The SMILES string of the molecule is CCOC(=O)c1nn(-c2cccc(Br)c2)c(N(C(=O)C2CC2)C(=O)C2CC2)c1C=O.CCOC(=O)c1nn(-c2cccc(Br)c2)c2nc(C3CC3)ncc12.N.O=CO. The third-order valence-electron chi connectivity index (χ3n) is 8.95. The van der Waals surface area contributed by atoms with E-state index in [0.717, 1.165) is 38.2 Å². The Hall–Kier alpha value is -5.66. The molecule has 0 unspecified atom stereocenters. The fourth-order valence-electron chi connectivity index (χ4n) is 5.82. The number of hydrogen-bond donors (Lipinski definition) is 2. The number of imide groups is 1. The van der Waals surface area contributed by atoms with Crippen molar-refractivity contribution in [3.05, 3.63) is 86.4 Å². The van der Waals surface area contributed by atoms with E-state index in [9.17, 15) is 24.0 Å². The second-order valence-electron chi connectivity index (χ2n) is 13.2. The van der Waals surface area contributed by atoms with E-state index in [0.29, 0.717) is 61.2 Å². The Morgan fingerprint density at radius 1 is 0.810 bits per heavy atom. The number of carbonyl (C=O) groups excluding carboxylic acids is 5. The molecule has 3 aliphatic carbocycles. The maximum absolute atomic E-state index is 13.1. The second-order valence-corrected chi connectivity index (χ2v) is 15.0. The molecule has 8 rings (SSSR count). The standard InChI is InChI=1S/C21H20BrN3O5.C17H15BrN4O2.CH2O2.H3N/c1-2-30-21(29)17-16(11-26)18(25(23-17)15-5-3-4-14(22)10-15)24(19(27)12-6-7-12)20(28)13-8-9-13;1-2-24-17(23)14-13-9-19-15(10-6-7-10)20-16(13)22(21-14)12-5-3-4-11(18)8-12;2-1-3;/h3-5,10-13H,2,6-9H2,1H3;3-5,8-10H,2,6-7H2,1H3;1H,(H,2,3);1H3. The minimum Gasteiger partial charge on any atom is -0.483 e. The van der Waals surface area contributed by atoms with E-state index in [1.54, 1.807) is 42.9 Å². The Bertz CT molecular complexity index is 2330. The molecule has 0 atom stereocenters. The zero-order chi connectivity index (χ0) is 40.8. The Kier molecular flexibility index (Phi) is 14.4. The smallest absolute Gasteiger partial charge is 0.359 e. The van der Waals surface area contributed by atoms with E-state index in [-0.39, 0.29) is 65.6 Å². The minimum absolute atomic E-state index is 0. The van der Waals surface area contributed by atoms with Crippen LogP contribution in [-0.2, 0) is 23.9 Å². The Morgan fingerprint density at radius 2 is 1.31 bits per heavy atom. The first-order valence-electron chi connectivity index (χ1n) is 18.2. The number of nitrogens with zero attached hydrogens (tertiary/aromatic N) is 7. The third kappa shape index (κ3) is 9.71. The highest BCUT2D eigenvalue weighted by Gasteiger charge is 2.45. The molecule has 58 heavy (non-hydrogen) atoms. The van der Waals surface area contributed by atoms with Crippen molar-refractivity contribution < 1.29 is 43.3 Å². The Balaban J connectivity index is 0.000000208. The van der Waals surface area contributed by atoms with E-state index >= 15 is 0 Å². The number of aromatic nitrogens is 6. The number of rotatable bonds is 11. The molecule has 0 radical (unpaired) electrons. The lowest BCUT2D eigenvalue weighted by molar-refractivity contribution is -0.128. The van der Waals surface area contributed by atoms with E-state index in [2.05, 4.69) is 52.0 Å². The predicted molar refractivity (Wildman–Crippen MR) is 217 cm³/mol. The van der Waals surface area contributed by atoms with Gasteiger partial charge in [0, 0.05) is 32.9 Å². The van der Waals surface area contributed by atoms with Gasteiger partial charge in [0.15, 0.2) is 29.1 Å². The molecule has 3 saturated carbocycles. The molecule has 4 N–H and O–H groups in total. The summed E-state index contributed by atoms with van der Waals surface area (Å²) in [4.78, 5) is 81.6. The van der Waals surface area contributed by atoms with Crippen LogP contribution in [0.4, 0.5) is 5.82 Å². The van der Waals surface area contributed by atoms with Crippen molar-refractivity contribution in [2.45, 2.75) is 58.3 Å². The molecule has 304 valence electrons. The average molecular weight is 925 g/mol. The van der Waals surface area contributed by atoms with Crippen LogP contribution in [0.25, 0.3) is 22.4 Å². The van der Waals surface area contributed by atoms with E-state index in [4.69, 9.17) is 19.4 Å². The van der Waals surface area contributed by atoms with Crippen LogP contribution >= 0.6 is 31.9 Å². The van der Waals surface area contributed by atoms with Crippen LogP contribution in [0.2, 0.25) is 0 Å². The van der Waals surface area contributed by atoms with Crippen molar-refractivity contribution in [1.29, 1.82) is 0 Å². The largest absolute Gasteiger partial charge is 0.483 e. The number of fused-ring (bicyclic) bond motifs is 1. The molecule has 3 heterocycles. The summed E-state index contributed by atoms with van der Waals surface area (Å²) in [5.41, 5.74) is 1.85. The molecule has 3 aromatic heterocycles. The quantitative estimate of drug-likeness (QED) is 0.0787. The summed E-state index contributed by atoms with van der Waals surface area (Å²) in [6, 6.07) is 14.7. The maximum Gasteiger partial charge on any atom is 0.359 e. The molecule has 0 spiro atoms. The number of benzene rings is 2. The predicted octanol–water partition coefficient (Wildman–Crippen LogP) is 6.80. The number of carbonyl (C=O) groups is 6. The van der Waals surface area contributed by atoms with E-state index in [1.807, 2.05) is 30.3 Å². The molecular formula is C39H40Br2N8O9. The molecule has 0 aliphatic heterocycles. The summed E-state index contributed by atoms with van der Waals surface area (Å²) >= 11 is 6.86. The van der Waals surface area contributed by atoms with Gasteiger partial charge in [-0.05, 0) is 88.8 Å². The van der Waals surface area contributed by atoms with Crippen LogP contribution in [0.5, 0.6) is 0 Å². The molecule has 3 fully saturated rings. The molecule has 3 aliphatic rings. The first-order valence-corrected chi connectivity index (χ1v) is 19.8. The topological polar surface area (TPSA) is 241 Å². The van der Waals surface area contributed by atoms with Gasteiger partial charge in [0.25, 0.3) is 6.47 Å². The van der Waals surface area contributed by atoms with Crippen LogP contribution in [0.3, 0.4) is 0 Å². The minimum atomic E-state index is -0.785. The van der Waals surface area contributed by atoms with Gasteiger partial charge in [-0.2, -0.15) is 10.2 Å². The van der Waals surface area contributed by atoms with Crippen molar-refractivity contribution in [3.8, 4) is 11.4 Å². The molecule has 0 bridgehead atoms. The van der Waals surface area contributed by atoms with Crippen LogP contribution < -0.4 is 11.1 Å². The van der Waals surface area contributed by atoms with Gasteiger partial charge in [-0.1, -0.05) is 44.0 Å². The van der Waals surface area contributed by atoms with Crippen molar-refractivity contribution in [2.24, 2.45) is 11.8 Å². The van der Waals surface area contributed by atoms with Crippen LogP contribution in [-0.4, -0.2) is 84.4 Å². The van der Waals surface area contributed by atoms with Gasteiger partial charge in [0.1, 0.15) is 5.82 Å². The highest BCUT2D eigenvalue weighted by Crippen LogP contribution is 2.40. The van der Waals surface area contributed by atoms with Gasteiger partial charge in [-0.3, -0.25) is 19.2 Å². The van der Waals surface area contributed by atoms with Crippen molar-refractivity contribution in [1.82, 2.24) is 35.7 Å². The molecule has 2 amide bonds. The summed E-state index contributed by atoms with van der Waals surface area (Å²) < 4.78 is 14.8. The van der Waals surface area contributed by atoms with Gasteiger partial charge in [0.05, 0.1) is 35.5 Å². The Labute approximate surface area is 348 Å². The van der Waals surface area contributed by atoms with E-state index < -0.39 is 11.9 Å². The number of esters is 2. The van der Waals surface area contributed by atoms with Gasteiger partial charge in [-0.15, -0.1) is 0 Å². The highest BCUT2D eigenvalue weighted by molar-refractivity contribution is 9.10.